The monoisotopic (exact) mass is 428 g/mol. The molecule has 0 radical (unpaired) electrons. The maximum atomic E-state index is 12.8. The van der Waals surface area contributed by atoms with E-state index in [1.165, 1.54) is 4.57 Å². The fourth-order valence-electron chi connectivity index (χ4n) is 3.96. The van der Waals surface area contributed by atoms with E-state index < -0.39 is 27.3 Å². The van der Waals surface area contributed by atoms with Crippen LogP contribution in [0.1, 0.15) is 20.3 Å². The lowest BCUT2D eigenvalue weighted by atomic mass is 10.1. The Kier molecular flexibility index (Phi) is 5.07. The van der Waals surface area contributed by atoms with Crippen molar-refractivity contribution in [1.29, 1.82) is 0 Å². The second kappa shape index (κ2) is 7.45. The van der Waals surface area contributed by atoms with Gasteiger partial charge in [0.15, 0.2) is 9.84 Å². The summed E-state index contributed by atoms with van der Waals surface area (Å²) in [6.07, 6.45) is -1.01. The predicted molar refractivity (Wildman–Crippen MR) is 116 cm³/mol. The number of hydrogen-bond donors (Lipinski definition) is 2. The molecule has 4 rings (SSSR count). The molecule has 1 atom stereocenters. The molecule has 1 aromatic heterocycles. The maximum absolute atomic E-state index is 12.8. The van der Waals surface area contributed by atoms with Crippen molar-refractivity contribution in [2.45, 2.75) is 36.5 Å². The molecule has 0 amide bonds. The molecule has 3 aromatic rings. The van der Waals surface area contributed by atoms with E-state index in [9.17, 15) is 23.4 Å². The van der Waals surface area contributed by atoms with Gasteiger partial charge in [-0.05, 0) is 50.6 Å². The van der Waals surface area contributed by atoms with E-state index in [-0.39, 0.29) is 4.90 Å². The van der Waals surface area contributed by atoms with Gasteiger partial charge in [-0.2, -0.15) is 0 Å². The average molecular weight is 429 g/mol. The van der Waals surface area contributed by atoms with Crippen molar-refractivity contribution in [3.8, 4) is 11.3 Å². The highest BCUT2D eigenvalue weighted by Crippen LogP contribution is 2.38. The quantitative estimate of drug-likeness (QED) is 0.659. The summed E-state index contributed by atoms with van der Waals surface area (Å²) in [4.78, 5) is 14.3. The van der Waals surface area contributed by atoms with Gasteiger partial charge in [0.2, 0.25) is 0 Å². The summed E-state index contributed by atoms with van der Waals surface area (Å²) >= 11 is 0. The minimum atomic E-state index is -3.55. The smallest absolute Gasteiger partial charge is 0.416 e. The van der Waals surface area contributed by atoms with Crippen LogP contribution in [0.5, 0.6) is 0 Å². The number of para-hydroxylation sites is 1. The average Bonchev–Trinajstić information content (AvgIpc) is 3.30. The third kappa shape index (κ3) is 3.36. The Bertz CT molecular complexity index is 1230. The van der Waals surface area contributed by atoms with Crippen molar-refractivity contribution < 1.29 is 23.4 Å². The SMILES string of the molecule is CC(C)S(=O)(=O)c1ccc(N2CC[C@H](O)C2)c(-c2cc3ccccc3n2C(=O)O)c1. The summed E-state index contributed by atoms with van der Waals surface area (Å²) in [6, 6.07) is 13.7. The van der Waals surface area contributed by atoms with Crippen LogP contribution in [0.25, 0.3) is 22.2 Å². The molecule has 0 unspecified atom stereocenters. The lowest BCUT2D eigenvalue weighted by Gasteiger charge is -2.23. The molecule has 158 valence electrons. The first kappa shape index (κ1) is 20.4. The van der Waals surface area contributed by atoms with Crippen LogP contribution in [0.4, 0.5) is 10.5 Å². The van der Waals surface area contributed by atoms with Crippen molar-refractivity contribution in [3.05, 3.63) is 48.5 Å². The number of benzene rings is 2. The molecule has 2 N–H and O–H groups in total. The van der Waals surface area contributed by atoms with Crippen molar-refractivity contribution in [2.75, 3.05) is 18.0 Å². The third-order valence-corrected chi connectivity index (χ3v) is 7.75. The Morgan fingerprint density at radius 1 is 1.13 bits per heavy atom. The van der Waals surface area contributed by atoms with E-state index in [4.69, 9.17) is 0 Å². The molecule has 1 aliphatic rings. The topological polar surface area (TPSA) is 99.8 Å². The van der Waals surface area contributed by atoms with Gasteiger partial charge in [-0.25, -0.2) is 17.8 Å². The number of carbonyl (C=O) groups is 1. The number of fused-ring (bicyclic) bond motifs is 1. The van der Waals surface area contributed by atoms with Gasteiger partial charge >= 0.3 is 6.09 Å². The second-order valence-corrected chi connectivity index (χ2v) is 10.4. The van der Waals surface area contributed by atoms with Gasteiger partial charge in [-0.1, -0.05) is 18.2 Å². The number of aliphatic hydroxyl groups excluding tert-OH is 1. The molecule has 0 saturated carbocycles. The molecule has 0 spiro atoms. The number of carboxylic acid groups (broad SMARTS) is 1. The van der Waals surface area contributed by atoms with Crippen LogP contribution in [0.3, 0.4) is 0 Å². The van der Waals surface area contributed by atoms with E-state index in [0.29, 0.717) is 42.0 Å². The number of hydrogen-bond acceptors (Lipinski definition) is 5. The highest BCUT2D eigenvalue weighted by Gasteiger charge is 2.28. The lowest BCUT2D eigenvalue weighted by molar-refractivity contribution is 0.197. The highest BCUT2D eigenvalue weighted by atomic mass is 32.2. The Morgan fingerprint density at radius 3 is 2.50 bits per heavy atom. The van der Waals surface area contributed by atoms with Crippen molar-refractivity contribution in [1.82, 2.24) is 4.57 Å². The Morgan fingerprint density at radius 2 is 1.87 bits per heavy atom. The first-order valence-corrected chi connectivity index (χ1v) is 11.4. The molecular weight excluding hydrogens is 404 g/mol. The standard InChI is InChI=1S/C22H24N2O5S/c1-14(2)30(28,29)17-7-8-20(23-10-9-16(25)13-23)18(12-17)21-11-15-5-3-4-6-19(15)24(21)22(26)27/h3-8,11-12,14,16,25H,9-10,13H2,1-2H3,(H,26,27)/t16-/m0/s1. The van der Waals surface area contributed by atoms with E-state index in [0.717, 1.165) is 5.39 Å². The number of aromatic nitrogens is 1. The Hall–Kier alpha value is -2.84. The van der Waals surface area contributed by atoms with Gasteiger partial charge in [-0.15, -0.1) is 0 Å². The Balaban J connectivity index is 2.01. The molecule has 0 bridgehead atoms. The normalized spacial score (nSPS) is 17.2. The fraction of sp³-hybridized carbons (Fsp3) is 0.318. The molecule has 7 nitrogen and oxygen atoms in total. The molecule has 30 heavy (non-hydrogen) atoms. The van der Waals surface area contributed by atoms with Crippen LogP contribution < -0.4 is 4.90 Å². The number of nitrogens with zero attached hydrogens (tertiary/aromatic N) is 2. The van der Waals surface area contributed by atoms with E-state index in [1.54, 1.807) is 50.2 Å². The molecule has 8 heteroatoms. The van der Waals surface area contributed by atoms with Gasteiger partial charge in [0.25, 0.3) is 0 Å². The fourth-order valence-corrected chi connectivity index (χ4v) is 5.05. The summed E-state index contributed by atoms with van der Waals surface area (Å²) in [6.45, 7) is 4.26. The zero-order chi connectivity index (χ0) is 21.6. The summed E-state index contributed by atoms with van der Waals surface area (Å²) < 4.78 is 26.8. The zero-order valence-electron chi connectivity index (χ0n) is 16.8. The van der Waals surface area contributed by atoms with Crippen LogP contribution >= 0.6 is 0 Å². The van der Waals surface area contributed by atoms with Crippen molar-refractivity contribution >= 4 is 32.5 Å². The molecule has 1 saturated heterocycles. The van der Waals surface area contributed by atoms with Gasteiger partial charge in [0.1, 0.15) is 0 Å². The molecule has 1 aliphatic heterocycles. The summed E-state index contributed by atoms with van der Waals surface area (Å²) in [5.41, 5.74) is 2.16. The van der Waals surface area contributed by atoms with Crippen molar-refractivity contribution in [3.63, 3.8) is 0 Å². The summed E-state index contributed by atoms with van der Waals surface area (Å²) in [7, 11) is -3.55. The van der Waals surface area contributed by atoms with E-state index in [2.05, 4.69) is 0 Å². The summed E-state index contributed by atoms with van der Waals surface area (Å²) in [5, 5.41) is 20.1. The largest absolute Gasteiger partial charge is 0.464 e. The number of anilines is 1. The van der Waals surface area contributed by atoms with Crippen LogP contribution in [0.15, 0.2) is 53.4 Å². The summed E-state index contributed by atoms with van der Waals surface area (Å²) in [5.74, 6) is 0. The number of β-amino-alcohol motifs (C(OH)–C–C–N with tert-alkyl or cyclic N) is 1. The van der Waals surface area contributed by atoms with Crippen LogP contribution in [0.2, 0.25) is 0 Å². The molecular formula is C22H24N2O5S. The third-order valence-electron chi connectivity index (χ3n) is 5.60. The molecule has 1 fully saturated rings. The van der Waals surface area contributed by atoms with Gasteiger partial charge in [0, 0.05) is 29.7 Å². The lowest BCUT2D eigenvalue weighted by Crippen LogP contribution is -2.23. The number of aliphatic hydroxyl groups is 1. The van der Waals surface area contributed by atoms with Crippen LogP contribution in [0, 0.1) is 0 Å². The van der Waals surface area contributed by atoms with Crippen LogP contribution in [-0.4, -0.2) is 53.7 Å². The Labute approximate surface area is 175 Å². The van der Waals surface area contributed by atoms with E-state index >= 15 is 0 Å². The van der Waals surface area contributed by atoms with Gasteiger partial charge < -0.3 is 15.1 Å². The first-order valence-electron chi connectivity index (χ1n) is 9.85. The number of rotatable bonds is 4. The predicted octanol–water partition coefficient (Wildman–Crippen LogP) is 3.59. The second-order valence-electron chi connectivity index (χ2n) is 7.87. The van der Waals surface area contributed by atoms with Crippen LogP contribution in [-0.2, 0) is 9.84 Å². The minimum Gasteiger partial charge on any atom is -0.464 e. The van der Waals surface area contributed by atoms with Gasteiger partial charge in [-0.3, -0.25) is 0 Å². The van der Waals surface area contributed by atoms with Gasteiger partial charge in [0.05, 0.1) is 27.5 Å². The minimum absolute atomic E-state index is 0.151. The molecule has 2 aromatic carbocycles. The first-order chi connectivity index (χ1) is 14.2. The maximum Gasteiger partial charge on any atom is 0.416 e. The van der Waals surface area contributed by atoms with E-state index in [1.807, 2.05) is 17.0 Å². The number of sulfone groups is 1. The molecule has 2 heterocycles. The molecule has 0 aliphatic carbocycles. The zero-order valence-corrected chi connectivity index (χ0v) is 17.6. The van der Waals surface area contributed by atoms with Crippen molar-refractivity contribution in [2.24, 2.45) is 0 Å². The highest BCUT2D eigenvalue weighted by molar-refractivity contribution is 7.92.